The highest BCUT2D eigenvalue weighted by molar-refractivity contribution is 5.13. The third-order valence-corrected chi connectivity index (χ3v) is 4.94. The van der Waals surface area contributed by atoms with Crippen molar-refractivity contribution < 1.29 is 4.48 Å². The maximum Gasteiger partial charge on any atom is 0.105 e. The Morgan fingerprint density at radius 1 is 1.00 bits per heavy atom. The first-order valence-corrected chi connectivity index (χ1v) is 6.68. The van der Waals surface area contributed by atoms with Crippen molar-refractivity contribution in [3.63, 3.8) is 0 Å². The van der Waals surface area contributed by atoms with Crippen LogP contribution >= 0.6 is 0 Å². The molecule has 16 heavy (non-hydrogen) atoms. The van der Waals surface area contributed by atoms with Gasteiger partial charge in [0, 0.05) is 18.4 Å². The lowest BCUT2D eigenvalue weighted by Crippen LogP contribution is -2.54. The van der Waals surface area contributed by atoms with Gasteiger partial charge in [-0.05, 0) is 19.3 Å². The Morgan fingerprint density at radius 3 is 2.25 bits per heavy atom. The van der Waals surface area contributed by atoms with Crippen LogP contribution in [0.1, 0.15) is 37.7 Å². The van der Waals surface area contributed by atoms with E-state index in [2.05, 4.69) is 37.4 Å². The fourth-order valence-electron chi connectivity index (χ4n) is 3.98. The number of fused-ring (bicyclic) bond motifs is 2. The maximum atomic E-state index is 2.49. The van der Waals surface area contributed by atoms with Crippen molar-refractivity contribution >= 4 is 0 Å². The van der Waals surface area contributed by atoms with Crippen LogP contribution in [0.25, 0.3) is 0 Å². The second-order valence-corrected chi connectivity index (χ2v) is 5.81. The van der Waals surface area contributed by atoms with Gasteiger partial charge >= 0.3 is 0 Å². The second-order valence-electron chi connectivity index (χ2n) is 5.81. The van der Waals surface area contributed by atoms with Crippen LogP contribution in [-0.2, 0) is 6.54 Å². The zero-order chi connectivity index (χ0) is 11.0. The van der Waals surface area contributed by atoms with Gasteiger partial charge in [-0.2, -0.15) is 0 Å². The van der Waals surface area contributed by atoms with Crippen LogP contribution in [0, 0.1) is 0 Å². The number of nitrogens with zero attached hydrogens (tertiary/aromatic N) is 1. The Hall–Kier alpha value is -0.820. The van der Waals surface area contributed by atoms with Gasteiger partial charge in [0.15, 0.2) is 0 Å². The van der Waals surface area contributed by atoms with Crippen LogP contribution in [-0.4, -0.2) is 23.6 Å². The van der Waals surface area contributed by atoms with Gasteiger partial charge in [-0.15, -0.1) is 0 Å². The number of piperidine rings is 1. The summed E-state index contributed by atoms with van der Waals surface area (Å²) in [6.45, 7) is 1.25. The summed E-state index contributed by atoms with van der Waals surface area (Å²) in [6.07, 6.45) is 7.32. The molecule has 0 spiro atoms. The molecular weight excluding hydrogens is 194 g/mol. The van der Waals surface area contributed by atoms with E-state index >= 15 is 0 Å². The van der Waals surface area contributed by atoms with Crippen molar-refractivity contribution in [2.45, 2.75) is 50.7 Å². The number of rotatable bonds is 2. The quantitative estimate of drug-likeness (QED) is 0.665. The van der Waals surface area contributed by atoms with E-state index in [1.807, 2.05) is 0 Å². The summed E-state index contributed by atoms with van der Waals surface area (Å²) in [5, 5.41) is 0. The van der Waals surface area contributed by atoms with E-state index in [4.69, 9.17) is 0 Å². The molecule has 0 N–H and O–H groups in total. The van der Waals surface area contributed by atoms with E-state index in [1.54, 1.807) is 0 Å². The molecular formula is C15H22N+. The van der Waals surface area contributed by atoms with Crippen LogP contribution in [0.5, 0.6) is 0 Å². The van der Waals surface area contributed by atoms with Crippen molar-refractivity contribution in [1.29, 1.82) is 0 Å². The van der Waals surface area contributed by atoms with Crippen LogP contribution in [0.4, 0.5) is 0 Å². The fraction of sp³-hybridized carbons (Fsp3) is 0.600. The van der Waals surface area contributed by atoms with E-state index in [9.17, 15) is 0 Å². The average molecular weight is 216 g/mol. The molecule has 1 aromatic rings. The van der Waals surface area contributed by atoms with Crippen molar-refractivity contribution in [3.05, 3.63) is 35.9 Å². The molecule has 86 valence electrons. The van der Waals surface area contributed by atoms with Crippen molar-refractivity contribution in [2.75, 3.05) is 7.05 Å². The standard InChI is InChI=1S/C15H22N/c1-16(12-13-6-3-2-4-7-13)14-8-5-9-15(16)11-10-14/h2-4,6-7,14-15H,5,8-12H2,1H3/q+1. The summed E-state index contributed by atoms with van der Waals surface area (Å²) >= 11 is 0. The molecule has 0 saturated carbocycles. The Kier molecular flexibility index (Phi) is 2.51. The highest BCUT2D eigenvalue weighted by Gasteiger charge is 2.48. The summed E-state index contributed by atoms with van der Waals surface area (Å²) in [5.41, 5.74) is 1.52. The van der Waals surface area contributed by atoms with E-state index in [0.717, 1.165) is 12.1 Å². The molecule has 0 radical (unpaired) electrons. The molecule has 1 aromatic carbocycles. The monoisotopic (exact) mass is 216 g/mol. The van der Waals surface area contributed by atoms with Crippen LogP contribution in [0.3, 0.4) is 0 Å². The smallest absolute Gasteiger partial charge is 0.105 e. The van der Waals surface area contributed by atoms with E-state index < -0.39 is 0 Å². The molecule has 2 saturated heterocycles. The molecule has 0 aromatic heterocycles. The van der Waals surface area contributed by atoms with Crippen molar-refractivity contribution in [3.8, 4) is 0 Å². The maximum absolute atomic E-state index is 2.49. The number of quaternary nitrogens is 1. The van der Waals surface area contributed by atoms with Gasteiger partial charge in [0.2, 0.25) is 0 Å². The Labute approximate surface area is 98.7 Å². The Morgan fingerprint density at radius 2 is 1.62 bits per heavy atom. The van der Waals surface area contributed by atoms with Gasteiger partial charge in [0.1, 0.15) is 6.54 Å². The molecule has 1 nitrogen and oxygen atoms in total. The summed E-state index contributed by atoms with van der Waals surface area (Å²) in [7, 11) is 2.49. The second kappa shape index (κ2) is 3.89. The zero-order valence-corrected chi connectivity index (χ0v) is 10.2. The lowest BCUT2D eigenvalue weighted by molar-refractivity contribution is -0.960. The minimum absolute atomic E-state index is 0.943. The van der Waals surface area contributed by atoms with Crippen LogP contribution in [0.15, 0.2) is 30.3 Å². The highest BCUT2D eigenvalue weighted by Crippen LogP contribution is 2.42. The van der Waals surface area contributed by atoms with Crippen LogP contribution in [0.2, 0.25) is 0 Å². The van der Waals surface area contributed by atoms with Crippen molar-refractivity contribution in [2.24, 2.45) is 0 Å². The van der Waals surface area contributed by atoms with Gasteiger partial charge in [-0.1, -0.05) is 30.3 Å². The number of hydrogen-bond donors (Lipinski definition) is 0. The third kappa shape index (κ3) is 1.58. The SMILES string of the molecule is C[N+]1(Cc2ccccc2)C2CCCC1CC2. The average Bonchev–Trinajstić information content (AvgIpc) is 2.52. The minimum atomic E-state index is 0.943. The van der Waals surface area contributed by atoms with Crippen molar-refractivity contribution in [1.82, 2.24) is 0 Å². The topological polar surface area (TPSA) is 0 Å². The molecule has 2 bridgehead atoms. The molecule has 2 aliphatic heterocycles. The van der Waals surface area contributed by atoms with Gasteiger partial charge in [0.25, 0.3) is 0 Å². The predicted octanol–water partition coefficient (Wildman–Crippen LogP) is 3.35. The molecule has 2 atom stereocenters. The molecule has 0 aliphatic carbocycles. The normalized spacial score (nSPS) is 37.6. The number of benzene rings is 1. The Balaban J connectivity index is 1.83. The van der Waals surface area contributed by atoms with Gasteiger partial charge in [-0.25, -0.2) is 0 Å². The Bertz CT molecular complexity index is 341. The van der Waals surface area contributed by atoms with Gasteiger partial charge < -0.3 is 4.48 Å². The first-order valence-electron chi connectivity index (χ1n) is 6.68. The van der Waals surface area contributed by atoms with E-state index in [-0.39, 0.29) is 0 Å². The molecule has 0 amide bonds. The fourth-order valence-corrected chi connectivity index (χ4v) is 3.98. The summed E-state index contributed by atoms with van der Waals surface area (Å²) in [5.74, 6) is 0. The van der Waals surface area contributed by atoms with E-state index in [1.165, 1.54) is 48.7 Å². The molecule has 2 fully saturated rings. The minimum Gasteiger partial charge on any atom is -0.317 e. The third-order valence-electron chi connectivity index (χ3n) is 4.94. The van der Waals surface area contributed by atoms with Gasteiger partial charge in [-0.3, -0.25) is 0 Å². The highest BCUT2D eigenvalue weighted by atomic mass is 15.4. The molecule has 2 aliphatic rings. The molecule has 3 rings (SSSR count). The molecule has 2 heterocycles. The zero-order valence-electron chi connectivity index (χ0n) is 10.2. The van der Waals surface area contributed by atoms with Crippen LogP contribution < -0.4 is 0 Å². The first-order chi connectivity index (χ1) is 7.79. The largest absolute Gasteiger partial charge is 0.317 e. The van der Waals surface area contributed by atoms with Gasteiger partial charge in [0.05, 0.1) is 19.1 Å². The first kappa shape index (κ1) is 10.3. The lowest BCUT2D eigenvalue weighted by atomic mass is 9.98. The summed E-state index contributed by atoms with van der Waals surface area (Å²) in [6, 6.07) is 12.9. The predicted molar refractivity (Wildman–Crippen MR) is 67.0 cm³/mol. The summed E-state index contributed by atoms with van der Waals surface area (Å²) < 4.78 is 1.32. The van der Waals surface area contributed by atoms with E-state index in [0.29, 0.717) is 0 Å². The summed E-state index contributed by atoms with van der Waals surface area (Å²) in [4.78, 5) is 0. The molecule has 2 unspecified atom stereocenters. The number of hydrogen-bond acceptors (Lipinski definition) is 0. The molecule has 1 heteroatoms. The lowest BCUT2D eigenvalue weighted by Gasteiger charge is -2.44.